The van der Waals surface area contributed by atoms with Gasteiger partial charge in [-0.2, -0.15) is 0 Å². The minimum atomic E-state index is -0.0335. The number of hydrogen-bond donors (Lipinski definition) is 2. The van der Waals surface area contributed by atoms with Gasteiger partial charge in [-0.15, -0.1) is 0 Å². The Morgan fingerprint density at radius 2 is 1.97 bits per heavy atom. The summed E-state index contributed by atoms with van der Waals surface area (Å²) in [6.45, 7) is 2.69. The third-order valence-corrected chi connectivity index (χ3v) is 5.18. The molecule has 3 aromatic heterocycles. The number of benzene rings is 1. The second kappa shape index (κ2) is 8.69. The number of amides is 1. The Bertz CT molecular complexity index is 1100. The van der Waals surface area contributed by atoms with Crippen LogP contribution in [0.15, 0.2) is 73.3 Å². The summed E-state index contributed by atoms with van der Waals surface area (Å²) in [6, 6.07) is 16.3. The van der Waals surface area contributed by atoms with Gasteiger partial charge in [-0.3, -0.25) is 9.78 Å². The highest BCUT2D eigenvalue weighted by atomic mass is 16.1. The predicted octanol–water partition coefficient (Wildman–Crippen LogP) is 4.15. The molecular formula is C24H24N4O. The van der Waals surface area contributed by atoms with Crippen molar-refractivity contribution in [3.8, 4) is 0 Å². The van der Waals surface area contributed by atoms with Crippen LogP contribution in [0.5, 0.6) is 0 Å². The molecule has 1 aromatic carbocycles. The van der Waals surface area contributed by atoms with Gasteiger partial charge in [-0.05, 0) is 54.3 Å². The van der Waals surface area contributed by atoms with Crippen LogP contribution in [0, 0.1) is 6.92 Å². The fraction of sp³-hybridized carbons (Fsp3) is 0.208. The van der Waals surface area contributed by atoms with Crippen molar-refractivity contribution in [3.63, 3.8) is 0 Å². The largest absolute Gasteiger partial charge is 0.356 e. The molecule has 29 heavy (non-hydrogen) atoms. The second-order valence-corrected chi connectivity index (χ2v) is 7.27. The molecule has 5 heteroatoms. The molecule has 0 bridgehead atoms. The van der Waals surface area contributed by atoms with Crippen LogP contribution in [0.25, 0.3) is 11.0 Å². The molecular weight excluding hydrogens is 360 g/mol. The van der Waals surface area contributed by atoms with Gasteiger partial charge in [0, 0.05) is 49.1 Å². The highest BCUT2D eigenvalue weighted by molar-refractivity contribution is 5.83. The minimum Gasteiger partial charge on any atom is -0.356 e. The number of carbonyl (C=O) groups is 1. The maximum Gasteiger partial charge on any atom is 0.220 e. The van der Waals surface area contributed by atoms with E-state index in [-0.39, 0.29) is 11.8 Å². The highest BCUT2D eigenvalue weighted by Gasteiger charge is 2.21. The lowest BCUT2D eigenvalue weighted by Crippen LogP contribution is -2.27. The summed E-state index contributed by atoms with van der Waals surface area (Å²) in [5, 5.41) is 4.13. The molecule has 0 saturated heterocycles. The first kappa shape index (κ1) is 18.9. The Labute approximate surface area is 170 Å². The number of aromatic nitrogens is 3. The van der Waals surface area contributed by atoms with Crippen LogP contribution in [0.1, 0.15) is 34.6 Å². The lowest BCUT2D eigenvalue weighted by molar-refractivity contribution is -0.121. The first-order valence-corrected chi connectivity index (χ1v) is 9.85. The summed E-state index contributed by atoms with van der Waals surface area (Å²) >= 11 is 0. The van der Waals surface area contributed by atoms with Crippen molar-refractivity contribution in [3.05, 3.63) is 95.6 Å². The van der Waals surface area contributed by atoms with Crippen molar-refractivity contribution < 1.29 is 4.79 Å². The number of nitrogens with zero attached hydrogens (tertiary/aromatic N) is 2. The molecule has 1 unspecified atom stereocenters. The van der Waals surface area contributed by atoms with Crippen molar-refractivity contribution in [2.45, 2.75) is 25.7 Å². The molecule has 1 atom stereocenters. The summed E-state index contributed by atoms with van der Waals surface area (Å²) in [5.41, 5.74) is 5.43. The minimum absolute atomic E-state index is 0.0335. The standard InChI is InChI=1S/C24H24N4O/c1-17-4-2-5-19(14-17)21(22-16-28-24-20(22)6-3-10-27-24)15-23(29)26-13-9-18-7-11-25-12-8-18/h2-8,10-12,14,16,21H,9,13,15H2,1H3,(H,26,29)(H,27,28). The van der Waals surface area contributed by atoms with E-state index in [4.69, 9.17) is 0 Å². The summed E-state index contributed by atoms with van der Waals surface area (Å²) in [6.07, 6.45) is 8.49. The molecule has 1 amide bonds. The van der Waals surface area contributed by atoms with Gasteiger partial charge in [0.1, 0.15) is 5.65 Å². The van der Waals surface area contributed by atoms with Crippen LogP contribution in [0.2, 0.25) is 0 Å². The van der Waals surface area contributed by atoms with Crippen molar-refractivity contribution in [2.75, 3.05) is 6.54 Å². The van der Waals surface area contributed by atoms with Crippen LogP contribution in [0.4, 0.5) is 0 Å². The van der Waals surface area contributed by atoms with Crippen molar-refractivity contribution in [1.82, 2.24) is 20.3 Å². The third kappa shape index (κ3) is 4.51. The van der Waals surface area contributed by atoms with E-state index < -0.39 is 0 Å². The van der Waals surface area contributed by atoms with E-state index in [0.717, 1.165) is 28.6 Å². The number of pyridine rings is 2. The molecule has 0 aliphatic rings. The zero-order chi connectivity index (χ0) is 20.1. The summed E-state index contributed by atoms with van der Waals surface area (Å²) in [5.74, 6) is 0.0116. The van der Waals surface area contributed by atoms with E-state index in [1.165, 1.54) is 11.1 Å². The zero-order valence-electron chi connectivity index (χ0n) is 16.4. The Kier molecular flexibility index (Phi) is 5.66. The number of nitrogens with one attached hydrogen (secondary N) is 2. The van der Waals surface area contributed by atoms with Crippen LogP contribution in [0.3, 0.4) is 0 Å². The summed E-state index contributed by atoms with van der Waals surface area (Å²) in [4.78, 5) is 24.4. The Balaban J connectivity index is 1.53. The number of rotatable bonds is 7. The fourth-order valence-corrected chi connectivity index (χ4v) is 3.71. The van der Waals surface area contributed by atoms with Crippen molar-refractivity contribution in [2.24, 2.45) is 0 Å². The van der Waals surface area contributed by atoms with Crippen LogP contribution < -0.4 is 5.32 Å². The van der Waals surface area contributed by atoms with E-state index in [1.54, 1.807) is 18.6 Å². The molecule has 2 N–H and O–H groups in total. The fourth-order valence-electron chi connectivity index (χ4n) is 3.71. The Hall–Kier alpha value is -3.47. The van der Waals surface area contributed by atoms with E-state index in [2.05, 4.69) is 51.5 Å². The molecule has 3 heterocycles. The number of aromatic amines is 1. The molecule has 146 valence electrons. The lowest BCUT2D eigenvalue weighted by Gasteiger charge is -2.18. The van der Waals surface area contributed by atoms with Gasteiger partial charge in [-0.1, -0.05) is 29.8 Å². The molecule has 5 nitrogen and oxygen atoms in total. The van der Waals surface area contributed by atoms with Crippen molar-refractivity contribution in [1.29, 1.82) is 0 Å². The van der Waals surface area contributed by atoms with E-state index in [0.29, 0.717) is 13.0 Å². The van der Waals surface area contributed by atoms with E-state index >= 15 is 0 Å². The maximum atomic E-state index is 12.8. The molecule has 0 saturated carbocycles. The summed E-state index contributed by atoms with van der Waals surface area (Å²) in [7, 11) is 0. The van der Waals surface area contributed by atoms with Crippen molar-refractivity contribution >= 4 is 16.9 Å². The predicted molar refractivity (Wildman–Crippen MR) is 115 cm³/mol. The second-order valence-electron chi connectivity index (χ2n) is 7.27. The van der Waals surface area contributed by atoms with Crippen LogP contribution >= 0.6 is 0 Å². The normalized spacial score (nSPS) is 12.0. The molecule has 4 aromatic rings. The monoisotopic (exact) mass is 384 g/mol. The van der Waals surface area contributed by atoms with Gasteiger partial charge < -0.3 is 10.3 Å². The van der Waals surface area contributed by atoms with Gasteiger partial charge in [0.15, 0.2) is 0 Å². The number of aryl methyl sites for hydroxylation is 1. The molecule has 0 aliphatic heterocycles. The maximum absolute atomic E-state index is 12.8. The number of carbonyl (C=O) groups excluding carboxylic acids is 1. The van der Waals surface area contributed by atoms with Gasteiger partial charge >= 0.3 is 0 Å². The number of H-pyrrole nitrogens is 1. The number of fused-ring (bicyclic) bond motifs is 1. The molecule has 0 aliphatic carbocycles. The lowest BCUT2D eigenvalue weighted by atomic mass is 9.87. The van der Waals surface area contributed by atoms with Gasteiger partial charge in [0.25, 0.3) is 0 Å². The highest BCUT2D eigenvalue weighted by Crippen LogP contribution is 2.33. The quantitative estimate of drug-likeness (QED) is 0.503. The van der Waals surface area contributed by atoms with E-state index in [1.807, 2.05) is 30.5 Å². The SMILES string of the molecule is Cc1cccc(C(CC(=O)NCCc2ccncc2)c2c[nH]c3ncccc23)c1. The Morgan fingerprint density at radius 3 is 2.79 bits per heavy atom. The third-order valence-electron chi connectivity index (χ3n) is 5.18. The van der Waals surface area contributed by atoms with E-state index in [9.17, 15) is 4.79 Å². The topological polar surface area (TPSA) is 70.7 Å². The molecule has 0 fully saturated rings. The molecule has 0 radical (unpaired) electrons. The van der Waals surface area contributed by atoms with Crippen LogP contribution in [-0.2, 0) is 11.2 Å². The first-order valence-electron chi connectivity index (χ1n) is 9.85. The van der Waals surface area contributed by atoms with Crippen LogP contribution in [-0.4, -0.2) is 27.4 Å². The van der Waals surface area contributed by atoms with Gasteiger partial charge in [0.05, 0.1) is 0 Å². The summed E-state index contributed by atoms with van der Waals surface area (Å²) < 4.78 is 0. The smallest absolute Gasteiger partial charge is 0.220 e. The number of hydrogen-bond acceptors (Lipinski definition) is 3. The van der Waals surface area contributed by atoms with Gasteiger partial charge in [0.2, 0.25) is 5.91 Å². The average Bonchev–Trinajstić information content (AvgIpc) is 3.17. The Morgan fingerprint density at radius 1 is 1.10 bits per heavy atom. The molecule has 4 rings (SSSR count). The zero-order valence-corrected chi connectivity index (χ0v) is 16.4. The van der Waals surface area contributed by atoms with Gasteiger partial charge in [-0.25, -0.2) is 4.98 Å². The first-order chi connectivity index (χ1) is 14.2. The average molecular weight is 384 g/mol. The molecule has 0 spiro atoms.